The molecule has 1 heterocycles. The number of carbonyl (C=O) groups is 2. The molecule has 1 spiro atoms. The number of carboxylic acids is 1. The van der Waals surface area contributed by atoms with Gasteiger partial charge in [-0.1, -0.05) is 25.1 Å². The number of carbonyl (C=O) groups excluding carboxylic acids is 1. The summed E-state index contributed by atoms with van der Waals surface area (Å²) in [5.74, 6) is -0.550. The number of para-hydroxylation sites is 1. The van der Waals surface area contributed by atoms with E-state index in [0.717, 1.165) is 24.2 Å². The minimum absolute atomic E-state index is 0.0461. The number of amides is 1. The molecule has 22 heavy (non-hydrogen) atoms. The lowest BCUT2D eigenvalue weighted by Gasteiger charge is -2.28. The first kappa shape index (κ1) is 14.9. The van der Waals surface area contributed by atoms with Crippen molar-refractivity contribution in [2.75, 3.05) is 20.2 Å². The van der Waals surface area contributed by atoms with Crippen LogP contribution in [0.25, 0.3) is 0 Å². The number of hydrogen-bond acceptors (Lipinski definition) is 3. The summed E-state index contributed by atoms with van der Waals surface area (Å²) in [4.78, 5) is 25.2. The van der Waals surface area contributed by atoms with Crippen molar-refractivity contribution >= 4 is 11.9 Å². The summed E-state index contributed by atoms with van der Waals surface area (Å²) in [7, 11) is 1.69. The van der Waals surface area contributed by atoms with Crippen LogP contribution in [0, 0.1) is 11.8 Å². The van der Waals surface area contributed by atoms with E-state index in [0.29, 0.717) is 6.61 Å². The molecule has 1 aromatic rings. The van der Waals surface area contributed by atoms with E-state index in [9.17, 15) is 9.59 Å². The van der Waals surface area contributed by atoms with Crippen LogP contribution in [0.5, 0.6) is 5.75 Å². The minimum atomic E-state index is -0.874. The molecule has 1 fully saturated rings. The Balaban J connectivity index is 1.74. The smallest absolute Gasteiger partial charge is 0.308 e. The zero-order chi connectivity index (χ0) is 15.9. The molecule has 3 unspecified atom stereocenters. The van der Waals surface area contributed by atoms with E-state index in [1.165, 1.54) is 0 Å². The molecule has 0 bridgehead atoms. The van der Waals surface area contributed by atoms with Crippen molar-refractivity contribution in [1.29, 1.82) is 0 Å². The summed E-state index contributed by atoms with van der Waals surface area (Å²) in [6.45, 7) is 2.51. The summed E-state index contributed by atoms with van der Waals surface area (Å²) in [5.41, 5.74) is 1.02. The van der Waals surface area contributed by atoms with Crippen LogP contribution >= 0.6 is 0 Å². The summed E-state index contributed by atoms with van der Waals surface area (Å²) in [6, 6.07) is 7.91. The third-order valence-electron chi connectivity index (χ3n) is 4.95. The number of carboxylic acid groups (broad SMARTS) is 1. The van der Waals surface area contributed by atoms with E-state index >= 15 is 0 Å². The second kappa shape index (κ2) is 5.30. The highest BCUT2D eigenvalue weighted by molar-refractivity contribution is 5.85. The Bertz CT molecular complexity index is 614. The Kier molecular flexibility index (Phi) is 3.59. The lowest BCUT2D eigenvalue weighted by atomic mass is 9.87. The Morgan fingerprint density at radius 1 is 1.45 bits per heavy atom. The largest absolute Gasteiger partial charge is 0.493 e. The molecular formula is C17H21NO4. The lowest BCUT2D eigenvalue weighted by Crippen LogP contribution is -2.37. The Hall–Kier alpha value is -2.04. The van der Waals surface area contributed by atoms with Gasteiger partial charge in [0.25, 0.3) is 0 Å². The summed E-state index contributed by atoms with van der Waals surface area (Å²) >= 11 is 0. The summed E-state index contributed by atoms with van der Waals surface area (Å²) in [6.07, 6.45) is 1.68. The van der Waals surface area contributed by atoms with E-state index in [1.54, 1.807) is 18.9 Å². The fraction of sp³-hybridized carbons (Fsp3) is 0.529. The third-order valence-corrected chi connectivity index (χ3v) is 4.95. The third kappa shape index (κ3) is 2.34. The molecule has 1 saturated carbocycles. The van der Waals surface area contributed by atoms with Gasteiger partial charge in [0, 0.05) is 30.5 Å². The van der Waals surface area contributed by atoms with Gasteiger partial charge in [-0.15, -0.1) is 0 Å². The molecule has 2 aliphatic rings. The van der Waals surface area contributed by atoms with Gasteiger partial charge in [-0.25, -0.2) is 0 Å². The number of aliphatic carboxylic acids is 1. The van der Waals surface area contributed by atoms with Crippen molar-refractivity contribution in [2.45, 2.75) is 25.2 Å². The number of hydrogen-bond donors (Lipinski definition) is 1. The van der Waals surface area contributed by atoms with Gasteiger partial charge in [0.15, 0.2) is 0 Å². The lowest BCUT2D eigenvalue weighted by molar-refractivity contribution is -0.143. The van der Waals surface area contributed by atoms with Crippen LogP contribution in [0.1, 0.15) is 25.3 Å². The van der Waals surface area contributed by atoms with Crippen molar-refractivity contribution < 1.29 is 19.4 Å². The Labute approximate surface area is 129 Å². The Morgan fingerprint density at radius 2 is 2.18 bits per heavy atom. The maximum absolute atomic E-state index is 12.6. The number of benzene rings is 1. The highest BCUT2D eigenvalue weighted by Gasteiger charge is 2.61. The van der Waals surface area contributed by atoms with Gasteiger partial charge in [-0.05, 0) is 18.9 Å². The van der Waals surface area contributed by atoms with Crippen LogP contribution in [-0.4, -0.2) is 42.1 Å². The van der Waals surface area contributed by atoms with Crippen molar-refractivity contribution in [1.82, 2.24) is 4.90 Å². The highest BCUT2D eigenvalue weighted by atomic mass is 16.5. The molecule has 118 valence electrons. The molecular weight excluding hydrogens is 282 g/mol. The fourth-order valence-electron chi connectivity index (χ4n) is 3.53. The molecule has 1 aliphatic carbocycles. The van der Waals surface area contributed by atoms with Gasteiger partial charge < -0.3 is 14.7 Å². The van der Waals surface area contributed by atoms with Crippen LogP contribution < -0.4 is 4.74 Å². The van der Waals surface area contributed by atoms with Gasteiger partial charge >= 0.3 is 5.97 Å². The van der Waals surface area contributed by atoms with E-state index in [-0.39, 0.29) is 23.8 Å². The van der Waals surface area contributed by atoms with Crippen LogP contribution in [0.4, 0.5) is 0 Å². The first-order valence-corrected chi connectivity index (χ1v) is 7.66. The normalized spacial score (nSPS) is 26.7. The zero-order valence-electron chi connectivity index (χ0n) is 12.9. The molecule has 1 N–H and O–H groups in total. The van der Waals surface area contributed by atoms with Crippen molar-refractivity contribution in [3.63, 3.8) is 0 Å². The van der Waals surface area contributed by atoms with Gasteiger partial charge in [0.2, 0.25) is 5.91 Å². The summed E-state index contributed by atoms with van der Waals surface area (Å²) in [5, 5.41) is 8.98. The van der Waals surface area contributed by atoms with Gasteiger partial charge in [-0.2, -0.15) is 0 Å². The molecule has 1 aromatic carbocycles. The molecule has 0 radical (unpaired) electrons. The van der Waals surface area contributed by atoms with Gasteiger partial charge in [-0.3, -0.25) is 9.59 Å². The first-order chi connectivity index (χ1) is 10.5. The molecule has 5 heteroatoms. The number of fused-ring (bicyclic) bond motifs is 2. The van der Waals surface area contributed by atoms with Crippen molar-refractivity contribution in [3.05, 3.63) is 29.8 Å². The molecule has 0 saturated heterocycles. The highest BCUT2D eigenvalue weighted by Crippen LogP contribution is 2.61. The van der Waals surface area contributed by atoms with Crippen LogP contribution in [0.2, 0.25) is 0 Å². The van der Waals surface area contributed by atoms with E-state index in [4.69, 9.17) is 9.84 Å². The SMILES string of the molecule is CC(CN(C)C(=O)C1CC12CCOc1ccccc12)C(=O)O. The quantitative estimate of drug-likeness (QED) is 0.922. The number of ether oxygens (including phenoxy) is 1. The first-order valence-electron chi connectivity index (χ1n) is 7.66. The van der Waals surface area contributed by atoms with Crippen LogP contribution in [0.15, 0.2) is 24.3 Å². The number of nitrogens with zero attached hydrogens (tertiary/aromatic N) is 1. The van der Waals surface area contributed by atoms with Crippen molar-refractivity contribution in [3.8, 4) is 5.75 Å². The maximum atomic E-state index is 12.6. The second-order valence-electron chi connectivity index (χ2n) is 6.47. The summed E-state index contributed by atoms with van der Waals surface area (Å²) < 4.78 is 5.68. The molecule has 5 nitrogen and oxygen atoms in total. The molecule has 0 aromatic heterocycles. The Morgan fingerprint density at radius 3 is 2.91 bits per heavy atom. The topological polar surface area (TPSA) is 66.8 Å². The fourth-order valence-corrected chi connectivity index (χ4v) is 3.53. The van der Waals surface area contributed by atoms with Gasteiger partial charge in [0.05, 0.1) is 12.5 Å². The second-order valence-corrected chi connectivity index (χ2v) is 6.47. The van der Waals surface area contributed by atoms with Crippen LogP contribution in [-0.2, 0) is 15.0 Å². The molecule has 1 amide bonds. The monoisotopic (exact) mass is 303 g/mol. The van der Waals surface area contributed by atoms with E-state index in [2.05, 4.69) is 0 Å². The standard InChI is InChI=1S/C17H21NO4/c1-11(16(20)21)10-18(2)15(19)13-9-17(13)7-8-22-14-6-4-3-5-12(14)17/h3-6,11,13H,7-10H2,1-2H3,(H,20,21). The van der Waals surface area contributed by atoms with Crippen LogP contribution in [0.3, 0.4) is 0 Å². The van der Waals surface area contributed by atoms with E-state index in [1.807, 2.05) is 24.3 Å². The molecule has 3 atom stereocenters. The predicted octanol–water partition coefficient (Wildman–Crippen LogP) is 1.91. The molecule has 3 rings (SSSR count). The number of rotatable bonds is 4. The maximum Gasteiger partial charge on any atom is 0.308 e. The van der Waals surface area contributed by atoms with E-state index < -0.39 is 11.9 Å². The minimum Gasteiger partial charge on any atom is -0.493 e. The van der Waals surface area contributed by atoms with Gasteiger partial charge in [0.1, 0.15) is 5.75 Å². The zero-order valence-corrected chi connectivity index (χ0v) is 12.9. The average molecular weight is 303 g/mol. The van der Waals surface area contributed by atoms with Crippen molar-refractivity contribution in [2.24, 2.45) is 11.8 Å². The average Bonchev–Trinajstić information content (AvgIpc) is 3.21. The predicted molar refractivity (Wildman–Crippen MR) is 80.8 cm³/mol. The molecule has 1 aliphatic heterocycles.